The van der Waals surface area contributed by atoms with E-state index < -0.39 is 11.9 Å². The van der Waals surface area contributed by atoms with Gasteiger partial charge in [-0.3, -0.25) is 14.4 Å². The number of benzene rings is 2. The van der Waals surface area contributed by atoms with E-state index in [1.165, 1.54) is 5.56 Å². The Morgan fingerprint density at radius 1 is 0.868 bits per heavy atom. The highest BCUT2D eigenvalue weighted by Crippen LogP contribution is 2.36. The van der Waals surface area contributed by atoms with Gasteiger partial charge in [-0.1, -0.05) is 44.4 Å². The number of ether oxygens (including phenoxy) is 2. The lowest BCUT2D eigenvalue weighted by molar-refractivity contribution is -0.138. The quantitative estimate of drug-likeness (QED) is 0.237. The van der Waals surface area contributed by atoms with Crippen molar-refractivity contribution in [1.82, 2.24) is 0 Å². The highest BCUT2D eigenvalue weighted by molar-refractivity contribution is 6.00. The Balaban J connectivity index is 1.46. The molecular formula is C31H40O7. The number of carbonyl (C=O) groups is 3. The first kappa shape index (κ1) is 29.2. The summed E-state index contributed by atoms with van der Waals surface area (Å²) in [5, 5.41) is 18.0. The molecule has 2 N–H and O–H groups in total. The molecule has 0 radical (unpaired) electrons. The molecule has 0 aromatic heterocycles. The standard InChI is InChI=1S/C31H40O7/c1-2-8-26-28(16-15-25-27(32)18-20-38-31(25)26)37-19-6-4-3-5-10-23-13-12-22(9-7-11-29(33)34)21-24(23)14-17-30(35)36/h12-13,15-16,21H,2-11,14,17-20H2,1H3,(H,33,34)(H,35,36). The second-order valence-corrected chi connectivity index (χ2v) is 9.95. The number of unbranched alkanes of at least 4 members (excludes halogenated alkanes) is 3. The lowest BCUT2D eigenvalue weighted by Crippen LogP contribution is -2.17. The summed E-state index contributed by atoms with van der Waals surface area (Å²) in [6.45, 7) is 3.14. The summed E-state index contributed by atoms with van der Waals surface area (Å²) < 4.78 is 11.9. The Labute approximate surface area is 225 Å². The summed E-state index contributed by atoms with van der Waals surface area (Å²) in [4.78, 5) is 34.1. The van der Waals surface area contributed by atoms with Crippen molar-refractivity contribution in [3.05, 3.63) is 58.1 Å². The van der Waals surface area contributed by atoms with Crippen molar-refractivity contribution < 1.29 is 34.1 Å². The maximum atomic E-state index is 12.2. The number of carboxylic acids is 2. The molecule has 0 fully saturated rings. The van der Waals surface area contributed by atoms with Crippen LogP contribution < -0.4 is 9.47 Å². The fourth-order valence-electron chi connectivity index (χ4n) is 4.95. The maximum Gasteiger partial charge on any atom is 0.303 e. The van der Waals surface area contributed by atoms with Gasteiger partial charge in [0, 0.05) is 24.8 Å². The molecule has 1 heterocycles. The topological polar surface area (TPSA) is 110 Å². The molecule has 2 aromatic rings. The fourth-order valence-corrected chi connectivity index (χ4v) is 4.95. The van der Waals surface area contributed by atoms with Gasteiger partial charge >= 0.3 is 11.9 Å². The second kappa shape index (κ2) is 15.2. The monoisotopic (exact) mass is 524 g/mol. The van der Waals surface area contributed by atoms with E-state index in [0.29, 0.717) is 50.2 Å². The van der Waals surface area contributed by atoms with Gasteiger partial charge in [0.05, 0.1) is 18.8 Å². The van der Waals surface area contributed by atoms with Crippen molar-refractivity contribution in [1.29, 1.82) is 0 Å². The van der Waals surface area contributed by atoms with Gasteiger partial charge < -0.3 is 19.7 Å². The van der Waals surface area contributed by atoms with Crippen molar-refractivity contribution in [3.8, 4) is 11.5 Å². The van der Waals surface area contributed by atoms with Crippen molar-refractivity contribution in [2.24, 2.45) is 0 Å². The molecule has 0 spiro atoms. The Hall–Kier alpha value is -3.35. The van der Waals surface area contributed by atoms with Crippen LogP contribution in [-0.2, 0) is 35.3 Å². The lowest BCUT2D eigenvalue weighted by atomic mass is 9.94. The Morgan fingerprint density at radius 3 is 2.42 bits per heavy atom. The summed E-state index contributed by atoms with van der Waals surface area (Å²) in [6.07, 6.45) is 9.06. The third-order valence-corrected chi connectivity index (χ3v) is 6.93. The minimum absolute atomic E-state index is 0.0881. The van der Waals surface area contributed by atoms with Gasteiger partial charge in [-0.25, -0.2) is 0 Å². The number of rotatable bonds is 17. The van der Waals surface area contributed by atoms with E-state index in [-0.39, 0.29) is 18.6 Å². The van der Waals surface area contributed by atoms with Crippen molar-refractivity contribution in [3.63, 3.8) is 0 Å². The van der Waals surface area contributed by atoms with Crippen LogP contribution in [0.3, 0.4) is 0 Å². The van der Waals surface area contributed by atoms with Crippen LogP contribution in [0.25, 0.3) is 0 Å². The van der Waals surface area contributed by atoms with E-state index >= 15 is 0 Å². The van der Waals surface area contributed by atoms with Crippen LogP contribution in [0.2, 0.25) is 0 Å². The zero-order valence-electron chi connectivity index (χ0n) is 22.4. The smallest absolute Gasteiger partial charge is 0.303 e. The van der Waals surface area contributed by atoms with Gasteiger partial charge in [0.25, 0.3) is 0 Å². The molecule has 206 valence electrons. The van der Waals surface area contributed by atoms with Gasteiger partial charge in [0.2, 0.25) is 0 Å². The molecule has 0 bridgehead atoms. The Kier molecular flexibility index (Phi) is 11.7. The molecule has 0 unspecified atom stereocenters. The Bertz CT molecular complexity index is 1110. The maximum absolute atomic E-state index is 12.2. The summed E-state index contributed by atoms with van der Waals surface area (Å²) >= 11 is 0. The minimum Gasteiger partial charge on any atom is -0.493 e. The molecule has 0 amide bonds. The average molecular weight is 525 g/mol. The molecule has 38 heavy (non-hydrogen) atoms. The number of hydrogen-bond donors (Lipinski definition) is 2. The molecule has 7 nitrogen and oxygen atoms in total. The van der Waals surface area contributed by atoms with Crippen LogP contribution in [0.15, 0.2) is 30.3 Å². The van der Waals surface area contributed by atoms with Crippen molar-refractivity contribution >= 4 is 17.7 Å². The van der Waals surface area contributed by atoms with E-state index in [0.717, 1.165) is 67.4 Å². The average Bonchev–Trinajstić information content (AvgIpc) is 2.88. The minimum atomic E-state index is -0.814. The first-order valence-corrected chi connectivity index (χ1v) is 13.9. The molecular weight excluding hydrogens is 484 g/mol. The summed E-state index contributed by atoms with van der Waals surface area (Å²) in [5.41, 5.74) is 4.96. The van der Waals surface area contributed by atoms with Crippen LogP contribution in [0.5, 0.6) is 11.5 Å². The SMILES string of the molecule is CCCc1c(OCCCCCCc2ccc(CCCC(=O)O)cc2CCC(=O)O)ccc2c1OCCC2=O. The fraction of sp³-hybridized carbons (Fsp3) is 0.516. The second-order valence-electron chi connectivity index (χ2n) is 9.95. The third kappa shape index (κ3) is 8.89. The summed E-state index contributed by atoms with van der Waals surface area (Å²) in [6, 6.07) is 9.90. The third-order valence-electron chi connectivity index (χ3n) is 6.93. The van der Waals surface area contributed by atoms with E-state index in [1.54, 1.807) is 0 Å². The van der Waals surface area contributed by atoms with E-state index in [2.05, 4.69) is 19.1 Å². The molecule has 0 atom stereocenters. The molecule has 3 rings (SSSR count). The number of Topliss-reactive ketones (excluding diaryl/α,β-unsaturated/α-hetero) is 1. The predicted octanol–water partition coefficient (Wildman–Crippen LogP) is 6.21. The summed E-state index contributed by atoms with van der Waals surface area (Å²) in [7, 11) is 0. The van der Waals surface area contributed by atoms with Crippen LogP contribution in [0, 0.1) is 0 Å². The number of fused-ring (bicyclic) bond motifs is 1. The van der Waals surface area contributed by atoms with E-state index in [4.69, 9.17) is 19.7 Å². The molecule has 0 saturated carbocycles. The number of carboxylic acid groups (broad SMARTS) is 2. The van der Waals surface area contributed by atoms with E-state index in [9.17, 15) is 14.4 Å². The number of ketones is 1. The normalized spacial score (nSPS) is 12.6. The number of aryl methyl sites for hydroxylation is 3. The van der Waals surface area contributed by atoms with E-state index in [1.807, 2.05) is 18.2 Å². The molecule has 7 heteroatoms. The van der Waals surface area contributed by atoms with Gasteiger partial charge in [-0.2, -0.15) is 0 Å². The molecule has 0 saturated heterocycles. The van der Waals surface area contributed by atoms with Crippen molar-refractivity contribution in [2.45, 2.75) is 90.4 Å². The zero-order valence-corrected chi connectivity index (χ0v) is 22.4. The first-order valence-electron chi connectivity index (χ1n) is 13.9. The first-order chi connectivity index (χ1) is 18.4. The predicted molar refractivity (Wildman–Crippen MR) is 146 cm³/mol. The van der Waals surface area contributed by atoms with Gasteiger partial charge in [-0.05, 0) is 73.8 Å². The lowest BCUT2D eigenvalue weighted by Gasteiger charge is -2.22. The molecule has 2 aromatic carbocycles. The van der Waals surface area contributed by atoms with Crippen LogP contribution in [-0.4, -0.2) is 41.1 Å². The van der Waals surface area contributed by atoms with Gasteiger partial charge in [0.15, 0.2) is 5.78 Å². The van der Waals surface area contributed by atoms with Crippen LogP contribution >= 0.6 is 0 Å². The highest BCUT2D eigenvalue weighted by atomic mass is 16.5. The van der Waals surface area contributed by atoms with Crippen LogP contribution in [0.4, 0.5) is 0 Å². The largest absolute Gasteiger partial charge is 0.493 e. The highest BCUT2D eigenvalue weighted by Gasteiger charge is 2.23. The van der Waals surface area contributed by atoms with Crippen LogP contribution in [0.1, 0.15) is 97.3 Å². The molecule has 1 aliphatic heterocycles. The van der Waals surface area contributed by atoms with Gasteiger partial charge in [-0.15, -0.1) is 0 Å². The molecule has 0 aliphatic carbocycles. The van der Waals surface area contributed by atoms with Gasteiger partial charge in [0.1, 0.15) is 11.5 Å². The zero-order chi connectivity index (χ0) is 27.3. The Morgan fingerprint density at radius 2 is 1.66 bits per heavy atom. The summed E-state index contributed by atoms with van der Waals surface area (Å²) in [5.74, 6) is 0.0345. The molecule has 1 aliphatic rings. The number of carbonyl (C=O) groups excluding carboxylic acids is 1. The number of hydrogen-bond acceptors (Lipinski definition) is 5. The van der Waals surface area contributed by atoms with Crippen molar-refractivity contribution in [2.75, 3.05) is 13.2 Å². The number of aliphatic carboxylic acids is 2.